The molecule has 0 aliphatic heterocycles. The predicted molar refractivity (Wildman–Crippen MR) is 123 cm³/mol. The largest absolute Gasteiger partial charge is 0.492 e. The average molecular weight is 422 g/mol. The van der Waals surface area contributed by atoms with E-state index in [2.05, 4.69) is 35.1 Å². The highest BCUT2D eigenvalue weighted by molar-refractivity contribution is 5.24. The summed E-state index contributed by atoms with van der Waals surface area (Å²) < 4.78 is 8.00. The lowest BCUT2D eigenvalue weighted by Gasteiger charge is -2.26. The number of rotatable bonds is 13. The van der Waals surface area contributed by atoms with Gasteiger partial charge < -0.3 is 14.5 Å². The van der Waals surface area contributed by atoms with Crippen LogP contribution < -0.4 is 11.2 Å². The molecule has 0 aliphatic rings. The molecule has 1 aromatic heterocycles. The number of aromatic nitrogens is 3. The van der Waals surface area contributed by atoms with E-state index in [0.717, 1.165) is 48.5 Å². The van der Waals surface area contributed by atoms with Crippen LogP contribution in [0.15, 0.2) is 52.6 Å². The molecule has 0 N–H and O–H groups in total. The molecule has 170 valence electrons. The molecule has 1 rings (SSSR count). The maximum absolute atomic E-state index is 11.9. The van der Waals surface area contributed by atoms with Crippen molar-refractivity contribution in [2.45, 2.75) is 40.2 Å². The van der Waals surface area contributed by atoms with Crippen molar-refractivity contribution in [2.75, 3.05) is 40.3 Å². The van der Waals surface area contributed by atoms with Crippen molar-refractivity contribution in [3.63, 3.8) is 0 Å². The molecule has 0 fully saturated rings. The summed E-state index contributed by atoms with van der Waals surface area (Å²) >= 11 is 0. The fourth-order valence-electron chi connectivity index (χ4n) is 2.56. The molecule has 30 heavy (non-hydrogen) atoms. The number of hydrogen-bond donors (Lipinski definition) is 0. The second-order valence-corrected chi connectivity index (χ2v) is 6.63. The second kappa shape index (κ2) is 15.3. The van der Waals surface area contributed by atoms with E-state index in [0.29, 0.717) is 13.2 Å². The van der Waals surface area contributed by atoms with Crippen LogP contribution >= 0.6 is 0 Å². The van der Waals surface area contributed by atoms with Crippen molar-refractivity contribution in [1.82, 2.24) is 24.1 Å². The van der Waals surface area contributed by atoms with Crippen LogP contribution in [-0.2, 0) is 18.3 Å². The maximum atomic E-state index is 11.9. The van der Waals surface area contributed by atoms with Gasteiger partial charge >= 0.3 is 5.69 Å². The smallest absolute Gasteiger partial charge is 0.347 e. The first-order valence-electron chi connectivity index (χ1n) is 10.5. The predicted octanol–water partition coefficient (Wildman–Crippen LogP) is 2.23. The lowest BCUT2D eigenvalue weighted by Crippen LogP contribution is -2.39. The monoisotopic (exact) mass is 421 g/mol. The van der Waals surface area contributed by atoms with Crippen molar-refractivity contribution in [2.24, 2.45) is 7.05 Å². The Balaban J connectivity index is 0.00000407. The quantitative estimate of drug-likeness (QED) is 0.276. The summed E-state index contributed by atoms with van der Waals surface area (Å²) in [6, 6.07) is 0. The molecule has 0 unspecified atom stereocenters. The third-order valence-corrected chi connectivity index (χ3v) is 4.44. The number of nitrogens with zero attached hydrogens (tertiary/aromatic N) is 5. The summed E-state index contributed by atoms with van der Waals surface area (Å²) in [5.74, 6) is 0.734. The molecule has 0 aromatic carbocycles. The van der Waals surface area contributed by atoms with Gasteiger partial charge in [0.05, 0.1) is 12.3 Å². The minimum atomic E-state index is -0.387. The van der Waals surface area contributed by atoms with E-state index in [1.807, 2.05) is 33.9 Å². The maximum Gasteiger partial charge on any atom is 0.347 e. The molecule has 0 saturated heterocycles. The van der Waals surface area contributed by atoms with Crippen LogP contribution in [0.1, 0.15) is 33.6 Å². The summed E-state index contributed by atoms with van der Waals surface area (Å²) in [6.07, 6.45) is 6.43. The third-order valence-electron chi connectivity index (χ3n) is 4.44. The average Bonchev–Trinajstić information content (AvgIpc) is 2.75. The van der Waals surface area contributed by atoms with Gasteiger partial charge in [0.15, 0.2) is 0 Å². The molecule has 1 aromatic rings. The highest BCUT2D eigenvalue weighted by Gasteiger charge is 2.10. The van der Waals surface area contributed by atoms with E-state index in [-0.39, 0.29) is 11.2 Å². The van der Waals surface area contributed by atoms with Gasteiger partial charge in [-0.2, -0.15) is 5.10 Å². The number of unbranched alkanes of at least 4 members (excludes halogenated alkanes) is 1. The van der Waals surface area contributed by atoms with Gasteiger partial charge in [-0.05, 0) is 39.4 Å². The molecule has 8 heteroatoms. The summed E-state index contributed by atoms with van der Waals surface area (Å²) in [4.78, 5) is 27.6. The van der Waals surface area contributed by atoms with E-state index < -0.39 is 0 Å². The van der Waals surface area contributed by atoms with Gasteiger partial charge in [-0.25, -0.2) is 9.48 Å². The minimum absolute atomic E-state index is 0.376. The van der Waals surface area contributed by atoms with Crippen molar-refractivity contribution in [1.29, 1.82) is 0 Å². The molecule has 0 aliphatic carbocycles. The first kappa shape index (κ1) is 27.4. The van der Waals surface area contributed by atoms with Crippen LogP contribution in [0.3, 0.4) is 0 Å². The minimum Gasteiger partial charge on any atom is -0.492 e. The number of ether oxygens (including phenoxy) is 1. The Morgan fingerprint density at radius 1 is 1.20 bits per heavy atom. The highest BCUT2D eigenvalue weighted by Crippen LogP contribution is 2.13. The van der Waals surface area contributed by atoms with E-state index in [1.165, 1.54) is 17.9 Å². The second-order valence-electron chi connectivity index (χ2n) is 6.63. The van der Waals surface area contributed by atoms with Crippen LogP contribution in [0.2, 0.25) is 0 Å². The topological polar surface area (TPSA) is 72.6 Å². The Morgan fingerprint density at radius 2 is 1.87 bits per heavy atom. The molecule has 0 bridgehead atoms. The van der Waals surface area contributed by atoms with Crippen molar-refractivity contribution < 1.29 is 4.74 Å². The standard InChI is InChI=1S/C20H33N5O3.C2H6/c1-7-11-18(28-8-2)17(3)23(5)15-14-22(4)12-9-10-13-25-20(27)24(6)19(26)16-21-25;1-2/h7,11,16H,1,3,8-10,12-15H2,2,4-6H3;1-2H3/b18-11+;. The Kier molecular flexibility index (Phi) is 13.9. The molecular weight excluding hydrogens is 382 g/mol. The summed E-state index contributed by atoms with van der Waals surface area (Å²) in [6.45, 7) is 17.4. The van der Waals surface area contributed by atoms with Crippen LogP contribution in [0, 0.1) is 0 Å². The molecule has 0 spiro atoms. The SMILES string of the molecule is C=C/C=C(/OCC)C(=C)N(C)CCN(C)CCCCn1ncc(=O)n(C)c1=O.CC. The highest BCUT2D eigenvalue weighted by atomic mass is 16.5. The molecule has 0 radical (unpaired) electrons. The van der Waals surface area contributed by atoms with Gasteiger partial charge in [0.1, 0.15) is 12.0 Å². The van der Waals surface area contributed by atoms with Gasteiger partial charge in [0, 0.05) is 33.7 Å². The fourth-order valence-corrected chi connectivity index (χ4v) is 2.56. The summed E-state index contributed by atoms with van der Waals surface area (Å²) in [5.41, 5.74) is 0.0658. The molecule has 0 amide bonds. The van der Waals surface area contributed by atoms with Gasteiger partial charge in [0.25, 0.3) is 5.56 Å². The zero-order chi connectivity index (χ0) is 23.1. The van der Waals surface area contributed by atoms with Crippen LogP contribution in [0.25, 0.3) is 0 Å². The zero-order valence-electron chi connectivity index (χ0n) is 19.6. The van der Waals surface area contributed by atoms with Crippen molar-refractivity contribution >= 4 is 0 Å². The molecular formula is C22H39N5O3. The normalized spacial score (nSPS) is 11.0. The van der Waals surface area contributed by atoms with Crippen LogP contribution in [0.4, 0.5) is 0 Å². The number of aryl methyl sites for hydroxylation is 1. The Bertz CT molecular complexity index is 795. The Morgan fingerprint density at radius 3 is 2.47 bits per heavy atom. The molecule has 8 nitrogen and oxygen atoms in total. The fraction of sp³-hybridized carbons (Fsp3) is 0.591. The Hall–Kier alpha value is -2.61. The number of allylic oxidation sites excluding steroid dienone is 2. The van der Waals surface area contributed by atoms with Crippen LogP contribution in [0.5, 0.6) is 0 Å². The first-order chi connectivity index (χ1) is 14.3. The summed E-state index contributed by atoms with van der Waals surface area (Å²) in [7, 11) is 5.52. The molecule has 0 saturated carbocycles. The van der Waals surface area contributed by atoms with E-state index in [4.69, 9.17) is 4.74 Å². The zero-order valence-corrected chi connectivity index (χ0v) is 19.6. The number of hydrogen-bond acceptors (Lipinski definition) is 6. The molecule has 0 atom stereocenters. The van der Waals surface area contributed by atoms with Gasteiger partial charge in [0.2, 0.25) is 0 Å². The van der Waals surface area contributed by atoms with Crippen molar-refractivity contribution in [3.8, 4) is 0 Å². The summed E-state index contributed by atoms with van der Waals surface area (Å²) in [5, 5.41) is 3.90. The van der Waals surface area contributed by atoms with E-state index >= 15 is 0 Å². The lowest BCUT2D eigenvalue weighted by molar-refractivity contribution is 0.212. The lowest BCUT2D eigenvalue weighted by atomic mass is 10.3. The number of likely N-dealkylation sites (N-methyl/N-ethyl adjacent to an activating group) is 2. The van der Waals surface area contributed by atoms with Crippen molar-refractivity contribution in [3.05, 3.63) is 63.8 Å². The first-order valence-corrected chi connectivity index (χ1v) is 10.5. The third kappa shape index (κ3) is 9.26. The Labute approximate surface area is 180 Å². The van der Waals surface area contributed by atoms with Crippen LogP contribution in [-0.4, -0.2) is 64.5 Å². The van der Waals surface area contributed by atoms with E-state index in [9.17, 15) is 9.59 Å². The van der Waals surface area contributed by atoms with Gasteiger partial charge in [-0.3, -0.25) is 9.36 Å². The van der Waals surface area contributed by atoms with Gasteiger partial charge in [-0.1, -0.05) is 33.1 Å². The molecule has 1 heterocycles. The van der Waals surface area contributed by atoms with E-state index in [1.54, 1.807) is 6.08 Å². The van der Waals surface area contributed by atoms with Gasteiger partial charge in [-0.15, -0.1) is 0 Å².